The molecule has 1 saturated heterocycles. The number of fused-ring (bicyclic) bond motifs is 1. The Morgan fingerprint density at radius 2 is 1.88 bits per heavy atom. The number of nitrogens with zero attached hydrogens (tertiary/aromatic N) is 3. The first-order chi connectivity index (χ1) is 16.5. The van der Waals surface area contributed by atoms with Crippen molar-refractivity contribution in [2.24, 2.45) is 5.92 Å². The summed E-state index contributed by atoms with van der Waals surface area (Å²) < 4.78 is 38.7. The maximum absolute atomic E-state index is 12.0. The highest BCUT2D eigenvalue weighted by Crippen LogP contribution is 2.35. The van der Waals surface area contributed by atoms with Gasteiger partial charge in [0.1, 0.15) is 0 Å². The lowest BCUT2D eigenvalue weighted by molar-refractivity contribution is -0.00212. The first kappa shape index (κ1) is 23.3. The van der Waals surface area contributed by atoms with Crippen molar-refractivity contribution in [3.8, 4) is 0 Å². The van der Waals surface area contributed by atoms with Gasteiger partial charge in [0.2, 0.25) is 10.0 Å². The summed E-state index contributed by atoms with van der Waals surface area (Å²) >= 11 is 0. The lowest BCUT2D eigenvalue weighted by Crippen LogP contribution is -2.52. The molecule has 9 heteroatoms. The highest BCUT2D eigenvalue weighted by Gasteiger charge is 2.34. The minimum absolute atomic E-state index is 0.0132. The summed E-state index contributed by atoms with van der Waals surface area (Å²) in [5, 5.41) is 0. The fourth-order valence-electron chi connectivity index (χ4n) is 5.38. The molecule has 2 atom stereocenters. The maximum atomic E-state index is 12.0. The molecule has 0 amide bonds. The Balaban J connectivity index is 1.24. The number of hydrogen-bond donors (Lipinski definition) is 1. The van der Waals surface area contributed by atoms with Gasteiger partial charge in [0.05, 0.1) is 19.0 Å². The first-order valence-corrected chi connectivity index (χ1v) is 13.9. The number of ether oxygens (including phenoxy) is 1. The van der Waals surface area contributed by atoms with Gasteiger partial charge >= 0.3 is 0 Å². The molecule has 0 radical (unpaired) electrons. The second-order valence-electron chi connectivity index (χ2n) is 9.54. The van der Waals surface area contributed by atoms with Crippen LogP contribution in [-0.4, -0.2) is 56.5 Å². The van der Waals surface area contributed by atoms with E-state index in [2.05, 4.69) is 49.9 Å². The molecule has 0 spiro atoms. The fourth-order valence-corrected chi connectivity index (χ4v) is 6.24. The predicted octanol–water partition coefficient (Wildman–Crippen LogP) is 3.71. The molecule has 2 aromatic heterocycles. The Hall–Kier alpha value is -2.49. The smallest absolute Gasteiger partial charge is 0.208 e. The zero-order valence-electron chi connectivity index (χ0n) is 19.5. The summed E-state index contributed by atoms with van der Waals surface area (Å²) in [7, 11) is -3.31. The maximum Gasteiger partial charge on any atom is 0.208 e. The average Bonchev–Trinajstić information content (AvgIpc) is 3.33. The highest BCUT2D eigenvalue weighted by molar-refractivity contribution is 7.88. The third-order valence-corrected chi connectivity index (χ3v) is 7.85. The normalized spacial score (nSPS) is 26.1. The Morgan fingerprint density at radius 3 is 2.65 bits per heavy atom. The molecule has 8 nitrogen and oxygen atoms in total. The van der Waals surface area contributed by atoms with Crippen molar-refractivity contribution in [3.63, 3.8) is 0 Å². The number of pyridine rings is 1. The third-order valence-electron chi connectivity index (χ3n) is 7.12. The standard InChI is InChI=1S/C25H32N4O4S/c1-34(30,31)28-22-12-14-29(25-24-23(11-13-26-25)33-17-27-24)15-20(22)16-32-21-9-7-19(8-10-21)18-5-3-2-4-6-18/h2-6,11,13,17,19-22,28H,7-10,12,14-16H2,1H3/t19?,20?,21?,22-/m0/s1. The summed E-state index contributed by atoms with van der Waals surface area (Å²) in [4.78, 5) is 11.1. The number of benzene rings is 1. The topological polar surface area (TPSA) is 97.6 Å². The lowest BCUT2D eigenvalue weighted by Gasteiger charge is -2.40. The second kappa shape index (κ2) is 10.0. The average molecular weight is 485 g/mol. The van der Waals surface area contributed by atoms with Gasteiger partial charge in [-0.2, -0.15) is 0 Å². The number of nitrogens with one attached hydrogen (secondary N) is 1. The van der Waals surface area contributed by atoms with Gasteiger partial charge in [0.25, 0.3) is 0 Å². The third kappa shape index (κ3) is 5.42. The lowest BCUT2D eigenvalue weighted by atomic mass is 9.82. The van der Waals surface area contributed by atoms with Crippen LogP contribution in [0.25, 0.3) is 11.1 Å². The molecule has 2 aliphatic rings. The highest BCUT2D eigenvalue weighted by atomic mass is 32.2. The monoisotopic (exact) mass is 484 g/mol. The number of hydrogen-bond acceptors (Lipinski definition) is 7. The van der Waals surface area contributed by atoms with E-state index in [0.717, 1.165) is 37.0 Å². The Bertz CT molecular complexity index is 1190. The molecular formula is C25H32N4O4S. The van der Waals surface area contributed by atoms with E-state index in [-0.39, 0.29) is 18.1 Å². The molecule has 1 unspecified atom stereocenters. The molecule has 34 heavy (non-hydrogen) atoms. The molecule has 1 saturated carbocycles. The van der Waals surface area contributed by atoms with Crippen LogP contribution in [0.3, 0.4) is 0 Å². The van der Waals surface area contributed by atoms with Gasteiger partial charge in [-0.15, -0.1) is 0 Å². The summed E-state index contributed by atoms with van der Waals surface area (Å²) in [5.41, 5.74) is 2.84. The van der Waals surface area contributed by atoms with E-state index < -0.39 is 10.0 Å². The molecular weight excluding hydrogens is 452 g/mol. The number of rotatable bonds is 7. The van der Waals surface area contributed by atoms with Crippen LogP contribution in [0.4, 0.5) is 5.82 Å². The quantitative estimate of drug-likeness (QED) is 0.546. The largest absolute Gasteiger partial charge is 0.443 e. The van der Waals surface area contributed by atoms with E-state index in [9.17, 15) is 8.42 Å². The van der Waals surface area contributed by atoms with Gasteiger partial charge < -0.3 is 14.1 Å². The van der Waals surface area contributed by atoms with Crippen LogP contribution in [0.5, 0.6) is 0 Å². The van der Waals surface area contributed by atoms with Crippen molar-refractivity contribution in [2.75, 3.05) is 30.9 Å². The Morgan fingerprint density at radius 1 is 1.09 bits per heavy atom. The van der Waals surface area contributed by atoms with Gasteiger partial charge in [-0.25, -0.2) is 23.1 Å². The number of piperidine rings is 1. The van der Waals surface area contributed by atoms with Crippen LogP contribution in [0.1, 0.15) is 43.6 Å². The summed E-state index contributed by atoms with van der Waals surface area (Å²) in [6.07, 6.45) is 9.56. The van der Waals surface area contributed by atoms with E-state index in [4.69, 9.17) is 9.15 Å². The predicted molar refractivity (Wildman–Crippen MR) is 131 cm³/mol. The first-order valence-electron chi connectivity index (χ1n) is 12.0. The van der Waals surface area contributed by atoms with Gasteiger partial charge in [-0.3, -0.25) is 0 Å². The molecule has 2 fully saturated rings. The molecule has 3 heterocycles. The van der Waals surface area contributed by atoms with Crippen molar-refractivity contribution in [3.05, 3.63) is 54.6 Å². The zero-order valence-corrected chi connectivity index (χ0v) is 20.3. The van der Waals surface area contributed by atoms with Gasteiger partial charge in [-0.05, 0) is 43.6 Å². The molecule has 5 rings (SSSR count). The summed E-state index contributed by atoms with van der Waals surface area (Å²) in [6.45, 7) is 1.84. The van der Waals surface area contributed by atoms with Crippen LogP contribution in [0.2, 0.25) is 0 Å². The number of aromatic nitrogens is 2. The molecule has 1 aromatic carbocycles. The van der Waals surface area contributed by atoms with Gasteiger partial charge in [-0.1, -0.05) is 30.3 Å². The fraction of sp³-hybridized carbons (Fsp3) is 0.520. The Kier molecular flexibility index (Phi) is 6.85. The zero-order chi connectivity index (χ0) is 23.5. The molecule has 1 N–H and O–H groups in total. The van der Waals surface area contributed by atoms with E-state index in [1.54, 1.807) is 12.3 Å². The minimum atomic E-state index is -3.31. The second-order valence-corrected chi connectivity index (χ2v) is 11.3. The van der Waals surface area contributed by atoms with Gasteiger partial charge in [0, 0.05) is 37.3 Å². The SMILES string of the molecule is CS(=O)(=O)N[C@H]1CCN(c2nccc3ocnc23)CC1COC1CCC(c2ccccc2)CC1. The van der Waals surface area contributed by atoms with Crippen molar-refractivity contribution >= 4 is 26.9 Å². The number of sulfonamides is 1. The van der Waals surface area contributed by atoms with Crippen LogP contribution < -0.4 is 9.62 Å². The number of oxazole rings is 1. The Labute approximate surface area is 200 Å². The molecule has 1 aliphatic carbocycles. The summed E-state index contributed by atoms with van der Waals surface area (Å²) in [6, 6.07) is 12.3. The van der Waals surface area contributed by atoms with Crippen LogP contribution in [-0.2, 0) is 14.8 Å². The van der Waals surface area contributed by atoms with E-state index >= 15 is 0 Å². The minimum Gasteiger partial charge on any atom is -0.443 e. The number of anilines is 1. The van der Waals surface area contributed by atoms with E-state index in [1.165, 1.54) is 18.2 Å². The van der Waals surface area contributed by atoms with Gasteiger partial charge in [0.15, 0.2) is 23.3 Å². The van der Waals surface area contributed by atoms with Crippen LogP contribution in [0, 0.1) is 5.92 Å². The molecule has 3 aromatic rings. The van der Waals surface area contributed by atoms with Crippen molar-refractivity contribution in [2.45, 2.75) is 50.2 Å². The molecule has 182 valence electrons. The summed E-state index contributed by atoms with van der Waals surface area (Å²) in [5.74, 6) is 1.39. The van der Waals surface area contributed by atoms with Crippen molar-refractivity contribution in [1.29, 1.82) is 0 Å². The van der Waals surface area contributed by atoms with E-state index in [0.29, 0.717) is 37.6 Å². The molecule has 0 bridgehead atoms. The van der Waals surface area contributed by atoms with Crippen molar-refractivity contribution in [1.82, 2.24) is 14.7 Å². The van der Waals surface area contributed by atoms with Crippen LogP contribution >= 0.6 is 0 Å². The molecule has 1 aliphatic heterocycles. The van der Waals surface area contributed by atoms with Crippen LogP contribution in [0.15, 0.2) is 53.4 Å². The van der Waals surface area contributed by atoms with E-state index in [1.807, 2.05) is 0 Å². The van der Waals surface area contributed by atoms with Crippen molar-refractivity contribution < 1.29 is 17.6 Å².